The first-order chi connectivity index (χ1) is 19.8. The van der Waals surface area contributed by atoms with E-state index in [1.807, 2.05) is 109 Å². The fraction of sp³-hybridized carbons (Fsp3) is 0. The molecular weight excluding hydrogens is 496 g/mol. The second-order valence-electron chi connectivity index (χ2n) is 9.52. The molecule has 0 amide bonds. The van der Waals surface area contributed by atoms with E-state index in [9.17, 15) is 0 Å². The Morgan fingerprint density at radius 3 is 1.93 bits per heavy atom. The molecule has 6 heteroatoms. The number of nitrogens with zero attached hydrogens (tertiary/aromatic N) is 4. The Bertz CT molecular complexity index is 2170. The smallest absolute Gasteiger partial charge is 0.227 e. The molecule has 0 unspecified atom stereocenters. The highest BCUT2D eigenvalue weighted by Gasteiger charge is 2.18. The van der Waals surface area contributed by atoms with Gasteiger partial charge < -0.3 is 8.83 Å². The number of rotatable bonds is 4. The minimum Gasteiger partial charge on any atom is -0.455 e. The van der Waals surface area contributed by atoms with Crippen molar-refractivity contribution < 1.29 is 8.83 Å². The summed E-state index contributed by atoms with van der Waals surface area (Å²) in [6, 6.07) is 39.7. The van der Waals surface area contributed by atoms with Gasteiger partial charge >= 0.3 is 0 Å². The zero-order valence-electron chi connectivity index (χ0n) is 21.2. The number of oxazole rings is 1. The largest absolute Gasteiger partial charge is 0.455 e. The minimum atomic E-state index is 0.540. The van der Waals surface area contributed by atoms with E-state index in [2.05, 4.69) is 12.1 Å². The number of para-hydroxylation sites is 2. The average molecular weight is 517 g/mol. The van der Waals surface area contributed by atoms with Gasteiger partial charge in [-0.1, -0.05) is 78.9 Å². The van der Waals surface area contributed by atoms with Gasteiger partial charge in [0.25, 0.3) is 0 Å². The topological polar surface area (TPSA) is 77.8 Å². The van der Waals surface area contributed by atoms with Gasteiger partial charge in [-0.25, -0.2) is 19.9 Å². The molecule has 0 saturated carbocycles. The summed E-state index contributed by atoms with van der Waals surface area (Å²) in [4.78, 5) is 19.5. The maximum Gasteiger partial charge on any atom is 0.227 e. The van der Waals surface area contributed by atoms with Crippen LogP contribution in [0.2, 0.25) is 0 Å². The van der Waals surface area contributed by atoms with Crippen LogP contribution in [-0.4, -0.2) is 19.9 Å². The lowest BCUT2D eigenvalue weighted by Gasteiger charge is -2.08. The SMILES string of the molecule is c1ccc(-c2nc(-c3ccc4oc(-c5ccccc5)nc4c3)nc(-c3cccc4c3oc3ccccc34)n2)cc1. The second kappa shape index (κ2) is 8.99. The Labute approximate surface area is 228 Å². The van der Waals surface area contributed by atoms with E-state index in [-0.39, 0.29) is 0 Å². The molecule has 0 atom stereocenters. The Morgan fingerprint density at radius 2 is 1.10 bits per heavy atom. The van der Waals surface area contributed by atoms with Crippen LogP contribution in [-0.2, 0) is 0 Å². The number of benzene rings is 5. The van der Waals surface area contributed by atoms with E-state index in [0.29, 0.717) is 28.9 Å². The Hall–Kier alpha value is -5.62. The van der Waals surface area contributed by atoms with Gasteiger partial charge in [-0.15, -0.1) is 0 Å². The molecule has 40 heavy (non-hydrogen) atoms. The third-order valence-corrected chi connectivity index (χ3v) is 6.98. The fourth-order valence-corrected chi connectivity index (χ4v) is 5.04. The summed E-state index contributed by atoms with van der Waals surface area (Å²) < 4.78 is 12.3. The maximum absolute atomic E-state index is 6.31. The van der Waals surface area contributed by atoms with Crippen molar-refractivity contribution in [2.75, 3.05) is 0 Å². The van der Waals surface area contributed by atoms with Crippen LogP contribution in [0.1, 0.15) is 0 Å². The van der Waals surface area contributed by atoms with Crippen molar-refractivity contribution >= 4 is 33.0 Å². The number of fused-ring (bicyclic) bond motifs is 4. The molecule has 0 bridgehead atoms. The molecule has 8 rings (SSSR count). The third-order valence-electron chi connectivity index (χ3n) is 6.98. The maximum atomic E-state index is 6.31. The molecule has 0 saturated heterocycles. The number of aromatic nitrogens is 4. The van der Waals surface area contributed by atoms with Gasteiger partial charge in [0.1, 0.15) is 16.7 Å². The Balaban J connectivity index is 1.32. The number of hydrogen-bond donors (Lipinski definition) is 0. The summed E-state index contributed by atoms with van der Waals surface area (Å²) in [6.07, 6.45) is 0. The normalized spacial score (nSPS) is 11.5. The molecule has 0 spiro atoms. The summed E-state index contributed by atoms with van der Waals surface area (Å²) in [5, 5.41) is 2.08. The van der Waals surface area contributed by atoms with E-state index < -0.39 is 0 Å². The highest BCUT2D eigenvalue weighted by atomic mass is 16.3. The van der Waals surface area contributed by atoms with E-state index in [1.54, 1.807) is 0 Å². The molecule has 0 aliphatic heterocycles. The molecule has 0 fully saturated rings. The number of hydrogen-bond acceptors (Lipinski definition) is 6. The Morgan fingerprint density at radius 1 is 0.425 bits per heavy atom. The van der Waals surface area contributed by atoms with Crippen LogP contribution >= 0.6 is 0 Å². The van der Waals surface area contributed by atoms with E-state index in [1.165, 1.54) is 0 Å². The van der Waals surface area contributed by atoms with Crippen molar-refractivity contribution in [3.63, 3.8) is 0 Å². The molecule has 8 aromatic rings. The molecule has 3 aromatic heterocycles. The van der Waals surface area contributed by atoms with Gasteiger partial charge in [0, 0.05) is 27.5 Å². The lowest BCUT2D eigenvalue weighted by Crippen LogP contribution is -2.00. The van der Waals surface area contributed by atoms with E-state index >= 15 is 0 Å². The summed E-state index contributed by atoms with van der Waals surface area (Å²) in [5.74, 6) is 2.24. The standard InChI is InChI=1S/C34H20N4O2/c1-3-10-21(11-4-1)31-36-32(23-18-19-29-27(20-23)35-34(40-29)22-12-5-2-6-13-22)38-33(37-31)26-16-9-15-25-24-14-7-8-17-28(24)39-30(25)26/h1-20H. The van der Waals surface area contributed by atoms with Crippen molar-refractivity contribution in [1.29, 1.82) is 0 Å². The van der Waals surface area contributed by atoms with Crippen molar-refractivity contribution in [2.45, 2.75) is 0 Å². The van der Waals surface area contributed by atoms with Crippen LogP contribution in [0.25, 0.3) is 78.7 Å². The van der Waals surface area contributed by atoms with Gasteiger partial charge in [-0.2, -0.15) is 0 Å². The van der Waals surface area contributed by atoms with Crippen LogP contribution < -0.4 is 0 Å². The quantitative estimate of drug-likeness (QED) is 0.233. The number of furan rings is 1. The molecule has 188 valence electrons. The summed E-state index contributed by atoms with van der Waals surface area (Å²) in [7, 11) is 0. The first-order valence-corrected chi connectivity index (χ1v) is 13.0. The van der Waals surface area contributed by atoms with Crippen LogP contribution in [0.4, 0.5) is 0 Å². The molecule has 6 nitrogen and oxygen atoms in total. The first-order valence-electron chi connectivity index (χ1n) is 13.0. The summed E-state index contributed by atoms with van der Waals surface area (Å²) in [5.41, 5.74) is 6.46. The van der Waals surface area contributed by atoms with Crippen LogP contribution in [0.3, 0.4) is 0 Å². The first kappa shape index (κ1) is 22.4. The zero-order valence-corrected chi connectivity index (χ0v) is 21.2. The zero-order chi connectivity index (χ0) is 26.5. The molecule has 0 aliphatic rings. The van der Waals surface area contributed by atoms with Gasteiger partial charge in [-0.3, -0.25) is 0 Å². The van der Waals surface area contributed by atoms with Gasteiger partial charge in [0.2, 0.25) is 5.89 Å². The third kappa shape index (κ3) is 3.74. The molecular formula is C34H20N4O2. The highest BCUT2D eigenvalue weighted by molar-refractivity contribution is 6.09. The average Bonchev–Trinajstić information content (AvgIpc) is 3.63. The van der Waals surface area contributed by atoms with Crippen molar-refractivity contribution in [3.8, 4) is 45.6 Å². The van der Waals surface area contributed by atoms with Gasteiger partial charge in [0.05, 0.1) is 5.56 Å². The molecule has 0 aliphatic carbocycles. The van der Waals surface area contributed by atoms with Gasteiger partial charge in [0.15, 0.2) is 23.1 Å². The van der Waals surface area contributed by atoms with Crippen molar-refractivity contribution in [2.24, 2.45) is 0 Å². The molecule has 3 heterocycles. The predicted molar refractivity (Wildman–Crippen MR) is 156 cm³/mol. The second-order valence-corrected chi connectivity index (χ2v) is 9.52. The lowest BCUT2D eigenvalue weighted by molar-refractivity contribution is 0.620. The monoisotopic (exact) mass is 516 g/mol. The van der Waals surface area contributed by atoms with E-state index in [4.69, 9.17) is 28.8 Å². The lowest BCUT2D eigenvalue weighted by atomic mass is 10.1. The van der Waals surface area contributed by atoms with Crippen LogP contribution in [0, 0.1) is 0 Å². The minimum absolute atomic E-state index is 0.540. The fourth-order valence-electron chi connectivity index (χ4n) is 5.04. The molecule has 0 N–H and O–H groups in total. The predicted octanol–water partition coefficient (Wildman–Crippen LogP) is 8.58. The van der Waals surface area contributed by atoms with Crippen LogP contribution in [0.5, 0.6) is 0 Å². The Kier molecular flexibility index (Phi) is 5.03. The van der Waals surface area contributed by atoms with E-state index in [0.717, 1.165) is 49.7 Å². The van der Waals surface area contributed by atoms with Crippen LogP contribution in [0.15, 0.2) is 130 Å². The summed E-state index contributed by atoms with van der Waals surface area (Å²) in [6.45, 7) is 0. The van der Waals surface area contributed by atoms with Gasteiger partial charge in [-0.05, 0) is 42.5 Å². The van der Waals surface area contributed by atoms with Crippen molar-refractivity contribution in [1.82, 2.24) is 19.9 Å². The van der Waals surface area contributed by atoms with Crippen molar-refractivity contribution in [3.05, 3.63) is 121 Å². The summed E-state index contributed by atoms with van der Waals surface area (Å²) >= 11 is 0. The molecule has 0 radical (unpaired) electrons. The molecule has 5 aromatic carbocycles. The highest BCUT2D eigenvalue weighted by Crippen LogP contribution is 2.36.